The second-order valence-corrected chi connectivity index (χ2v) is 4.52. The summed E-state index contributed by atoms with van der Waals surface area (Å²) in [7, 11) is 0. The van der Waals surface area contributed by atoms with Gasteiger partial charge in [-0.25, -0.2) is 0 Å². The van der Waals surface area contributed by atoms with Gasteiger partial charge in [-0.3, -0.25) is 4.68 Å². The number of hydrogen-bond donors (Lipinski definition) is 1. The molecule has 3 heteroatoms. The van der Waals surface area contributed by atoms with Crippen LogP contribution in [0.5, 0.6) is 0 Å². The Morgan fingerprint density at radius 3 is 2.39 bits per heavy atom. The van der Waals surface area contributed by atoms with Crippen molar-refractivity contribution in [3.8, 4) is 0 Å². The molecule has 1 heterocycles. The van der Waals surface area contributed by atoms with Crippen LogP contribution in [0.25, 0.3) is 0 Å². The summed E-state index contributed by atoms with van der Waals surface area (Å²) < 4.78 is 1.83. The number of aliphatic hydroxyl groups is 1. The second kappa shape index (κ2) is 5.83. The van der Waals surface area contributed by atoms with E-state index in [2.05, 4.69) is 36.3 Å². The zero-order chi connectivity index (χ0) is 13.0. The highest BCUT2D eigenvalue weighted by atomic mass is 16.3. The quantitative estimate of drug-likeness (QED) is 0.878. The third-order valence-electron chi connectivity index (χ3n) is 3.22. The Labute approximate surface area is 108 Å². The molecule has 0 bridgehead atoms. The van der Waals surface area contributed by atoms with Crippen molar-refractivity contribution in [2.24, 2.45) is 0 Å². The van der Waals surface area contributed by atoms with E-state index in [1.165, 1.54) is 5.56 Å². The molecule has 0 aliphatic carbocycles. The van der Waals surface area contributed by atoms with Crippen molar-refractivity contribution in [3.63, 3.8) is 0 Å². The molecule has 2 rings (SSSR count). The Morgan fingerprint density at radius 1 is 1.17 bits per heavy atom. The van der Waals surface area contributed by atoms with Crippen LogP contribution in [0.15, 0.2) is 36.7 Å². The van der Waals surface area contributed by atoms with E-state index in [1.807, 2.05) is 17.8 Å². The van der Waals surface area contributed by atoms with Crippen LogP contribution in [0.3, 0.4) is 0 Å². The van der Waals surface area contributed by atoms with Gasteiger partial charge in [0.2, 0.25) is 0 Å². The zero-order valence-corrected chi connectivity index (χ0v) is 11.0. The lowest BCUT2D eigenvalue weighted by atomic mass is 10.0. The molecule has 3 nitrogen and oxygen atoms in total. The van der Waals surface area contributed by atoms with Gasteiger partial charge in [0.05, 0.1) is 12.3 Å². The van der Waals surface area contributed by atoms with Gasteiger partial charge in [0.1, 0.15) is 0 Å². The molecule has 0 radical (unpaired) electrons. The van der Waals surface area contributed by atoms with Crippen molar-refractivity contribution >= 4 is 0 Å². The van der Waals surface area contributed by atoms with Gasteiger partial charge in [-0.05, 0) is 24.5 Å². The first-order chi connectivity index (χ1) is 8.72. The fourth-order valence-electron chi connectivity index (χ4n) is 1.98. The molecule has 1 N–H and O–H groups in total. The highest BCUT2D eigenvalue weighted by Gasteiger charge is 2.10. The van der Waals surface area contributed by atoms with Gasteiger partial charge in [-0.15, -0.1) is 0 Å². The van der Waals surface area contributed by atoms with E-state index < -0.39 is 6.10 Å². The van der Waals surface area contributed by atoms with Crippen LogP contribution in [0.4, 0.5) is 0 Å². The molecule has 18 heavy (non-hydrogen) atoms. The lowest BCUT2D eigenvalue weighted by Gasteiger charge is -2.09. The number of aliphatic hydroxyl groups excluding tert-OH is 1. The highest BCUT2D eigenvalue weighted by molar-refractivity contribution is 5.24. The van der Waals surface area contributed by atoms with Crippen molar-refractivity contribution in [2.75, 3.05) is 0 Å². The fourth-order valence-corrected chi connectivity index (χ4v) is 1.98. The Morgan fingerprint density at radius 2 is 1.83 bits per heavy atom. The Kier molecular flexibility index (Phi) is 4.15. The maximum atomic E-state index is 10.2. The minimum atomic E-state index is -0.474. The van der Waals surface area contributed by atoms with Crippen molar-refractivity contribution in [2.45, 2.75) is 39.3 Å². The first kappa shape index (κ1) is 12.8. The monoisotopic (exact) mass is 244 g/mol. The average molecular weight is 244 g/mol. The van der Waals surface area contributed by atoms with Gasteiger partial charge in [0.15, 0.2) is 0 Å². The van der Waals surface area contributed by atoms with E-state index in [0.29, 0.717) is 6.42 Å². The number of hydrogen-bond acceptors (Lipinski definition) is 2. The molecular formula is C15H20N2O. The van der Waals surface area contributed by atoms with Crippen molar-refractivity contribution in [1.82, 2.24) is 9.78 Å². The standard InChI is InChI=1S/C15H20N2O/c1-3-12-5-7-13(8-6-12)9-15(18)14-10-16-17(4-2)11-14/h5-8,10-11,15,18H,3-4,9H2,1-2H3. The summed E-state index contributed by atoms with van der Waals surface area (Å²) in [4.78, 5) is 0. The number of benzene rings is 1. The molecule has 96 valence electrons. The summed E-state index contributed by atoms with van der Waals surface area (Å²) in [5.41, 5.74) is 3.37. The Hall–Kier alpha value is -1.61. The lowest BCUT2D eigenvalue weighted by Crippen LogP contribution is -2.01. The third kappa shape index (κ3) is 2.99. The van der Waals surface area contributed by atoms with Gasteiger partial charge in [0, 0.05) is 24.7 Å². The number of aryl methyl sites for hydroxylation is 2. The normalized spacial score (nSPS) is 12.6. The van der Waals surface area contributed by atoms with Crippen LogP contribution in [-0.2, 0) is 19.4 Å². The van der Waals surface area contributed by atoms with Crippen LogP contribution < -0.4 is 0 Å². The van der Waals surface area contributed by atoms with Crippen LogP contribution in [0.1, 0.15) is 36.6 Å². The maximum Gasteiger partial charge on any atom is 0.0860 e. The van der Waals surface area contributed by atoms with Crippen LogP contribution in [-0.4, -0.2) is 14.9 Å². The summed E-state index contributed by atoms with van der Waals surface area (Å²) >= 11 is 0. The fraction of sp³-hybridized carbons (Fsp3) is 0.400. The zero-order valence-electron chi connectivity index (χ0n) is 11.0. The molecule has 0 fully saturated rings. The Balaban J connectivity index is 2.03. The van der Waals surface area contributed by atoms with E-state index in [9.17, 15) is 5.11 Å². The first-order valence-electron chi connectivity index (χ1n) is 6.51. The smallest absolute Gasteiger partial charge is 0.0860 e. The van der Waals surface area contributed by atoms with Crippen LogP contribution in [0.2, 0.25) is 0 Å². The van der Waals surface area contributed by atoms with Crippen molar-refractivity contribution in [3.05, 3.63) is 53.3 Å². The highest BCUT2D eigenvalue weighted by Crippen LogP contribution is 2.18. The van der Waals surface area contributed by atoms with Crippen LogP contribution >= 0.6 is 0 Å². The predicted octanol–water partition coefficient (Wildman–Crippen LogP) is 2.74. The molecule has 2 aromatic rings. The molecule has 1 aromatic heterocycles. The summed E-state index contributed by atoms with van der Waals surface area (Å²) in [5, 5.41) is 14.3. The van der Waals surface area contributed by atoms with Crippen molar-refractivity contribution in [1.29, 1.82) is 0 Å². The van der Waals surface area contributed by atoms with E-state index >= 15 is 0 Å². The van der Waals surface area contributed by atoms with E-state index in [-0.39, 0.29) is 0 Å². The van der Waals surface area contributed by atoms with Gasteiger partial charge >= 0.3 is 0 Å². The maximum absolute atomic E-state index is 10.2. The van der Waals surface area contributed by atoms with E-state index in [4.69, 9.17) is 0 Å². The molecule has 0 amide bonds. The molecule has 0 spiro atoms. The minimum Gasteiger partial charge on any atom is -0.388 e. The average Bonchev–Trinajstić information content (AvgIpc) is 2.88. The molecule has 0 aliphatic rings. The molecule has 1 atom stereocenters. The van der Waals surface area contributed by atoms with Gasteiger partial charge in [0.25, 0.3) is 0 Å². The lowest BCUT2D eigenvalue weighted by molar-refractivity contribution is 0.178. The van der Waals surface area contributed by atoms with Gasteiger partial charge in [-0.1, -0.05) is 31.2 Å². The topological polar surface area (TPSA) is 38.1 Å². The predicted molar refractivity (Wildman–Crippen MR) is 72.4 cm³/mol. The van der Waals surface area contributed by atoms with Gasteiger partial charge in [-0.2, -0.15) is 5.10 Å². The molecule has 0 saturated carbocycles. The van der Waals surface area contributed by atoms with Crippen molar-refractivity contribution < 1.29 is 5.11 Å². The van der Waals surface area contributed by atoms with E-state index in [1.54, 1.807) is 6.20 Å². The summed E-state index contributed by atoms with van der Waals surface area (Å²) in [6, 6.07) is 8.42. The van der Waals surface area contributed by atoms with Gasteiger partial charge < -0.3 is 5.11 Å². The number of nitrogens with zero attached hydrogens (tertiary/aromatic N) is 2. The molecule has 0 aliphatic heterocycles. The van der Waals surface area contributed by atoms with Crippen LogP contribution in [0, 0.1) is 0 Å². The summed E-state index contributed by atoms with van der Waals surface area (Å²) in [5.74, 6) is 0. The minimum absolute atomic E-state index is 0.474. The summed E-state index contributed by atoms with van der Waals surface area (Å²) in [6.07, 6.45) is 4.86. The molecule has 0 saturated heterocycles. The molecule has 1 aromatic carbocycles. The Bertz CT molecular complexity index is 487. The summed E-state index contributed by atoms with van der Waals surface area (Å²) in [6.45, 7) is 5.01. The SMILES string of the molecule is CCc1ccc(CC(O)c2cnn(CC)c2)cc1. The molecule has 1 unspecified atom stereocenters. The largest absolute Gasteiger partial charge is 0.388 e. The number of rotatable bonds is 5. The molecular weight excluding hydrogens is 224 g/mol. The first-order valence-corrected chi connectivity index (χ1v) is 6.51. The third-order valence-corrected chi connectivity index (χ3v) is 3.22. The van der Waals surface area contributed by atoms with E-state index in [0.717, 1.165) is 24.1 Å². The number of aromatic nitrogens is 2. The second-order valence-electron chi connectivity index (χ2n) is 4.52.